The maximum Gasteiger partial charge on any atom is 0.326 e. The van der Waals surface area contributed by atoms with Crippen LogP contribution in [0, 0.1) is 0 Å². The minimum atomic E-state index is 0.0869. The van der Waals surface area contributed by atoms with Crippen LogP contribution in [0.15, 0.2) is 0 Å². The fourth-order valence-electron chi connectivity index (χ4n) is 2.56. The molecule has 84 valence electrons. The number of carbonyl (C=O) groups is 1. The van der Waals surface area contributed by atoms with Crippen LogP contribution in [0.25, 0.3) is 0 Å². The molecule has 2 aliphatic rings. The van der Waals surface area contributed by atoms with Gasteiger partial charge in [0.15, 0.2) is 0 Å². The molecule has 2 amide bonds. The third kappa shape index (κ3) is 1.17. The van der Waals surface area contributed by atoms with E-state index in [4.69, 9.17) is 0 Å². The molecule has 0 aromatic heterocycles. The van der Waals surface area contributed by atoms with Crippen LogP contribution in [0.4, 0.5) is 4.79 Å². The summed E-state index contributed by atoms with van der Waals surface area (Å²) in [6.07, 6.45) is 2.33. The lowest BCUT2D eigenvalue weighted by atomic mass is 10.4. The number of fused-ring (bicyclic) bond motifs is 1. The minimum Gasteiger partial charge on any atom is -0.283 e. The molecule has 0 aliphatic carbocycles. The lowest BCUT2D eigenvalue weighted by Crippen LogP contribution is -2.44. The highest BCUT2D eigenvalue weighted by Crippen LogP contribution is 2.29. The molecule has 6 heteroatoms. The quantitative estimate of drug-likeness (QED) is 0.545. The van der Waals surface area contributed by atoms with Crippen molar-refractivity contribution in [2.45, 2.75) is 12.3 Å². The number of amidine groups is 1. The van der Waals surface area contributed by atoms with Crippen molar-refractivity contribution < 1.29 is 9.37 Å². The van der Waals surface area contributed by atoms with E-state index in [-0.39, 0.29) is 18.4 Å². The summed E-state index contributed by atoms with van der Waals surface area (Å²) in [5, 5.41) is 1.20. The zero-order valence-electron chi connectivity index (χ0n) is 9.76. The van der Waals surface area contributed by atoms with Crippen molar-refractivity contribution in [1.29, 1.82) is 0 Å². The Hall–Kier alpha value is -0.910. The second-order valence-electron chi connectivity index (χ2n) is 4.04. The maximum atomic E-state index is 11.8. The molecule has 0 spiro atoms. The molecule has 5 nitrogen and oxygen atoms in total. The van der Waals surface area contributed by atoms with Gasteiger partial charge in [0, 0.05) is 14.1 Å². The second kappa shape index (κ2) is 3.30. The SMILES string of the molecule is CSC1=[N+](C)C2C(N(C)C(=O)N2C)N1C. The van der Waals surface area contributed by atoms with Crippen molar-refractivity contribution in [3.8, 4) is 0 Å². The molecular formula is C9H17N4OS+. The third-order valence-corrected chi connectivity index (χ3v) is 4.18. The Kier molecular flexibility index (Phi) is 2.33. The summed E-state index contributed by atoms with van der Waals surface area (Å²) >= 11 is 1.71. The fraction of sp³-hybridized carbons (Fsp3) is 0.778. The molecule has 2 rings (SSSR count). The van der Waals surface area contributed by atoms with Crippen molar-refractivity contribution in [1.82, 2.24) is 14.7 Å². The molecule has 0 saturated carbocycles. The Morgan fingerprint density at radius 3 is 2.27 bits per heavy atom. The number of urea groups is 1. The zero-order valence-corrected chi connectivity index (χ0v) is 10.6. The number of likely N-dealkylation sites (N-methyl/N-ethyl adjacent to an activating group) is 4. The Morgan fingerprint density at radius 2 is 1.80 bits per heavy atom. The first-order valence-corrected chi connectivity index (χ1v) is 6.09. The number of nitrogens with zero attached hydrogens (tertiary/aromatic N) is 4. The van der Waals surface area contributed by atoms with Gasteiger partial charge in [-0.25, -0.2) is 14.3 Å². The Balaban J connectivity index is 2.41. The van der Waals surface area contributed by atoms with E-state index in [1.54, 1.807) is 21.6 Å². The average molecular weight is 229 g/mol. The van der Waals surface area contributed by atoms with Crippen LogP contribution < -0.4 is 0 Å². The monoisotopic (exact) mass is 229 g/mol. The van der Waals surface area contributed by atoms with Gasteiger partial charge in [-0.2, -0.15) is 0 Å². The molecular weight excluding hydrogens is 212 g/mol. The van der Waals surface area contributed by atoms with Gasteiger partial charge < -0.3 is 0 Å². The summed E-state index contributed by atoms with van der Waals surface area (Å²) in [5.74, 6) is 0. The number of carbonyl (C=O) groups excluding carboxylic acids is 1. The van der Waals surface area contributed by atoms with E-state index in [2.05, 4.69) is 15.7 Å². The normalized spacial score (nSPS) is 30.7. The van der Waals surface area contributed by atoms with Gasteiger partial charge in [-0.05, 0) is 18.0 Å². The van der Waals surface area contributed by atoms with E-state index in [9.17, 15) is 4.79 Å². The van der Waals surface area contributed by atoms with Gasteiger partial charge in [-0.1, -0.05) is 0 Å². The summed E-state index contributed by atoms with van der Waals surface area (Å²) in [6.45, 7) is 0. The molecule has 0 bridgehead atoms. The Labute approximate surface area is 94.3 Å². The van der Waals surface area contributed by atoms with Crippen LogP contribution in [0.1, 0.15) is 0 Å². The van der Waals surface area contributed by atoms with E-state index in [1.807, 2.05) is 28.2 Å². The highest BCUT2D eigenvalue weighted by atomic mass is 32.2. The Bertz CT molecular complexity index is 343. The molecule has 2 aliphatic heterocycles. The average Bonchev–Trinajstić information content (AvgIpc) is 2.58. The topological polar surface area (TPSA) is 29.8 Å². The molecule has 0 N–H and O–H groups in total. The molecule has 2 atom stereocenters. The second-order valence-corrected chi connectivity index (χ2v) is 4.81. The van der Waals surface area contributed by atoms with Crippen molar-refractivity contribution in [3.05, 3.63) is 0 Å². The number of thioether (sulfide) groups is 1. The smallest absolute Gasteiger partial charge is 0.283 e. The van der Waals surface area contributed by atoms with Crippen molar-refractivity contribution in [2.24, 2.45) is 0 Å². The molecule has 2 unspecified atom stereocenters. The Morgan fingerprint density at radius 1 is 1.20 bits per heavy atom. The lowest BCUT2D eigenvalue weighted by Gasteiger charge is -2.19. The predicted molar refractivity (Wildman–Crippen MR) is 61.0 cm³/mol. The summed E-state index contributed by atoms with van der Waals surface area (Å²) in [5.41, 5.74) is 0. The molecule has 0 aromatic carbocycles. The first-order valence-electron chi connectivity index (χ1n) is 4.87. The highest BCUT2D eigenvalue weighted by Gasteiger charge is 2.56. The molecule has 0 aromatic rings. The van der Waals surface area contributed by atoms with Gasteiger partial charge in [0.05, 0.1) is 14.1 Å². The van der Waals surface area contributed by atoms with Crippen LogP contribution in [0.3, 0.4) is 0 Å². The van der Waals surface area contributed by atoms with Crippen LogP contribution in [0.2, 0.25) is 0 Å². The highest BCUT2D eigenvalue weighted by molar-refractivity contribution is 8.12. The molecule has 2 heterocycles. The molecule has 15 heavy (non-hydrogen) atoms. The minimum absolute atomic E-state index is 0.0869. The summed E-state index contributed by atoms with van der Waals surface area (Å²) in [6, 6.07) is 0.0869. The number of amides is 2. The zero-order chi connectivity index (χ0) is 11.3. The van der Waals surface area contributed by atoms with Gasteiger partial charge in [-0.3, -0.25) is 9.80 Å². The number of hydrogen-bond donors (Lipinski definition) is 0. The first kappa shape index (κ1) is 10.6. The fourth-order valence-corrected chi connectivity index (χ4v) is 3.35. The summed E-state index contributed by atoms with van der Waals surface area (Å²) in [7, 11) is 7.79. The largest absolute Gasteiger partial charge is 0.326 e. The van der Waals surface area contributed by atoms with Crippen LogP contribution in [-0.4, -0.2) is 77.3 Å². The van der Waals surface area contributed by atoms with E-state index in [0.717, 1.165) is 0 Å². The molecule has 0 radical (unpaired) electrons. The van der Waals surface area contributed by atoms with E-state index in [0.29, 0.717) is 0 Å². The number of rotatable bonds is 0. The van der Waals surface area contributed by atoms with Crippen molar-refractivity contribution in [2.75, 3.05) is 34.4 Å². The number of hydrogen-bond acceptors (Lipinski definition) is 3. The molecule has 1 fully saturated rings. The van der Waals surface area contributed by atoms with Gasteiger partial charge in [-0.15, -0.1) is 0 Å². The maximum absolute atomic E-state index is 11.8. The molecule has 1 saturated heterocycles. The van der Waals surface area contributed by atoms with Gasteiger partial charge in [0.2, 0.25) is 12.3 Å². The van der Waals surface area contributed by atoms with E-state index < -0.39 is 0 Å². The van der Waals surface area contributed by atoms with E-state index in [1.165, 1.54) is 5.17 Å². The van der Waals surface area contributed by atoms with Crippen LogP contribution in [-0.2, 0) is 0 Å². The van der Waals surface area contributed by atoms with Crippen molar-refractivity contribution >= 4 is 23.0 Å². The first-order chi connectivity index (χ1) is 7.00. The lowest BCUT2D eigenvalue weighted by molar-refractivity contribution is -0.548. The predicted octanol–water partition coefficient (Wildman–Crippen LogP) is -0.0575. The van der Waals surface area contributed by atoms with Gasteiger partial charge >= 0.3 is 11.2 Å². The van der Waals surface area contributed by atoms with Crippen molar-refractivity contribution in [3.63, 3.8) is 0 Å². The van der Waals surface area contributed by atoms with Crippen LogP contribution in [0.5, 0.6) is 0 Å². The third-order valence-electron chi connectivity index (χ3n) is 3.24. The standard InChI is InChI=1S/C9H17N4OS/c1-10-6-7(11(2)8(10)14)13(4)9(15-5)12(6)3/h6-7H,1-5H3/q+1. The van der Waals surface area contributed by atoms with E-state index >= 15 is 0 Å². The summed E-state index contributed by atoms with van der Waals surface area (Å²) < 4.78 is 2.16. The van der Waals surface area contributed by atoms with Gasteiger partial charge in [0.1, 0.15) is 0 Å². The van der Waals surface area contributed by atoms with Crippen LogP contribution >= 0.6 is 11.8 Å². The summed E-state index contributed by atoms with van der Waals surface area (Å²) in [4.78, 5) is 17.5. The van der Waals surface area contributed by atoms with Gasteiger partial charge in [0.25, 0.3) is 0 Å².